The van der Waals surface area contributed by atoms with Crippen LogP contribution in [0.25, 0.3) is 11.7 Å². The second-order valence-electron chi connectivity index (χ2n) is 6.29. The summed E-state index contributed by atoms with van der Waals surface area (Å²) in [5.41, 5.74) is 1.65. The number of anilines is 1. The van der Waals surface area contributed by atoms with E-state index in [1.54, 1.807) is 23.2 Å². The van der Waals surface area contributed by atoms with E-state index in [1.807, 2.05) is 33.8 Å². The lowest BCUT2D eigenvalue weighted by Gasteiger charge is -2.18. The molecule has 0 atom stereocenters. The molecular formula is C18H20N4O2S2. The minimum Gasteiger partial charge on any atom is -0.370 e. The monoisotopic (exact) mass is 388 g/mol. The molecule has 0 aromatic carbocycles. The summed E-state index contributed by atoms with van der Waals surface area (Å²) >= 11 is 6.52. The number of aryl methyl sites for hydroxylation is 1. The van der Waals surface area contributed by atoms with Crippen molar-refractivity contribution in [3.63, 3.8) is 0 Å². The van der Waals surface area contributed by atoms with Crippen LogP contribution in [0.3, 0.4) is 0 Å². The van der Waals surface area contributed by atoms with E-state index in [4.69, 9.17) is 12.2 Å². The Morgan fingerprint density at radius 3 is 2.69 bits per heavy atom. The molecule has 1 fully saturated rings. The first-order chi connectivity index (χ1) is 12.3. The third-order valence-corrected chi connectivity index (χ3v) is 5.30. The zero-order valence-electron chi connectivity index (χ0n) is 15.1. The Balaban J connectivity index is 2.19. The number of amides is 1. The van der Waals surface area contributed by atoms with Gasteiger partial charge in [-0.25, -0.2) is 4.98 Å². The molecule has 1 N–H and O–H groups in total. The number of carbonyl (C=O) groups excluding carboxylic acids is 1. The number of nitrogens with zero attached hydrogens (tertiary/aromatic N) is 3. The lowest BCUT2D eigenvalue weighted by molar-refractivity contribution is -0.123. The number of nitrogens with one attached hydrogen (secondary N) is 1. The molecule has 3 rings (SSSR count). The van der Waals surface area contributed by atoms with E-state index < -0.39 is 0 Å². The van der Waals surface area contributed by atoms with E-state index >= 15 is 0 Å². The van der Waals surface area contributed by atoms with E-state index in [1.165, 1.54) is 16.2 Å². The first-order valence-corrected chi connectivity index (χ1v) is 9.60. The largest absolute Gasteiger partial charge is 0.370 e. The molecule has 0 unspecified atom stereocenters. The zero-order valence-corrected chi connectivity index (χ0v) is 16.7. The smallest absolute Gasteiger partial charge is 0.267 e. The zero-order chi connectivity index (χ0) is 19.0. The summed E-state index contributed by atoms with van der Waals surface area (Å²) in [5.74, 6) is 0.294. The van der Waals surface area contributed by atoms with Crippen molar-refractivity contribution in [2.24, 2.45) is 0 Å². The quantitative estimate of drug-likeness (QED) is 0.641. The fraction of sp³-hybridized carbons (Fsp3) is 0.333. The molecule has 1 saturated heterocycles. The Morgan fingerprint density at radius 1 is 1.35 bits per heavy atom. The Bertz CT molecular complexity index is 995. The standard InChI is InChI=1S/C18H20N4O2S2/c1-5-19-15-12(8-13-17(24)22(10(2)3)18(25)26-13)16(23)21-9-11(4)6-7-14(21)20-15/h6-10,19H,5H2,1-4H3. The van der Waals surface area contributed by atoms with Crippen LogP contribution in [0.1, 0.15) is 31.9 Å². The van der Waals surface area contributed by atoms with Crippen LogP contribution in [0.4, 0.5) is 5.82 Å². The molecule has 1 aliphatic rings. The van der Waals surface area contributed by atoms with Crippen molar-refractivity contribution in [2.45, 2.75) is 33.7 Å². The van der Waals surface area contributed by atoms with Crippen molar-refractivity contribution < 1.29 is 4.79 Å². The topological polar surface area (TPSA) is 66.7 Å². The first kappa shape index (κ1) is 18.6. The molecule has 26 heavy (non-hydrogen) atoms. The molecule has 8 heteroatoms. The minimum absolute atomic E-state index is 0.0277. The van der Waals surface area contributed by atoms with Gasteiger partial charge in [-0.05, 0) is 45.4 Å². The molecule has 0 radical (unpaired) electrons. The summed E-state index contributed by atoms with van der Waals surface area (Å²) in [6.07, 6.45) is 3.35. The second kappa shape index (κ2) is 7.20. The van der Waals surface area contributed by atoms with Gasteiger partial charge < -0.3 is 5.32 Å². The SMILES string of the molecule is CCNc1nc2ccc(C)cn2c(=O)c1C=C1SC(=S)N(C(C)C)C1=O. The molecule has 2 aromatic heterocycles. The predicted octanol–water partition coefficient (Wildman–Crippen LogP) is 3.04. The molecule has 0 bridgehead atoms. The van der Waals surface area contributed by atoms with Gasteiger partial charge in [-0.1, -0.05) is 30.0 Å². The predicted molar refractivity (Wildman–Crippen MR) is 111 cm³/mol. The fourth-order valence-corrected chi connectivity index (χ4v) is 4.25. The number of rotatable bonds is 4. The summed E-state index contributed by atoms with van der Waals surface area (Å²) in [6, 6.07) is 3.69. The average Bonchev–Trinajstić information content (AvgIpc) is 2.86. The van der Waals surface area contributed by atoms with Crippen LogP contribution in [-0.4, -0.2) is 37.1 Å². The highest BCUT2D eigenvalue weighted by atomic mass is 32.2. The Kier molecular flexibility index (Phi) is 5.15. The van der Waals surface area contributed by atoms with Gasteiger partial charge in [0.25, 0.3) is 11.5 Å². The van der Waals surface area contributed by atoms with E-state index in [0.29, 0.717) is 32.8 Å². The number of carbonyl (C=O) groups is 1. The fourth-order valence-electron chi connectivity index (χ4n) is 2.75. The summed E-state index contributed by atoms with van der Waals surface area (Å²) < 4.78 is 2.01. The lowest BCUT2D eigenvalue weighted by atomic mass is 10.2. The van der Waals surface area contributed by atoms with Crippen molar-refractivity contribution in [1.29, 1.82) is 0 Å². The van der Waals surface area contributed by atoms with Gasteiger partial charge in [0, 0.05) is 18.8 Å². The van der Waals surface area contributed by atoms with Crippen LogP contribution >= 0.6 is 24.0 Å². The third-order valence-electron chi connectivity index (χ3n) is 3.97. The Morgan fingerprint density at radius 2 is 2.08 bits per heavy atom. The van der Waals surface area contributed by atoms with Gasteiger partial charge in [0.15, 0.2) is 0 Å². The van der Waals surface area contributed by atoms with E-state index in [-0.39, 0.29) is 17.5 Å². The highest BCUT2D eigenvalue weighted by Gasteiger charge is 2.34. The first-order valence-electron chi connectivity index (χ1n) is 8.37. The van der Waals surface area contributed by atoms with Gasteiger partial charge >= 0.3 is 0 Å². The molecule has 1 aliphatic heterocycles. The molecule has 0 spiro atoms. The van der Waals surface area contributed by atoms with Gasteiger partial charge in [-0.15, -0.1) is 0 Å². The molecular weight excluding hydrogens is 368 g/mol. The van der Waals surface area contributed by atoms with Crippen molar-refractivity contribution in [3.05, 3.63) is 44.7 Å². The van der Waals surface area contributed by atoms with Crippen LogP contribution in [0, 0.1) is 6.92 Å². The molecule has 1 amide bonds. The Hall–Kier alpha value is -2.19. The van der Waals surface area contributed by atoms with Crippen LogP contribution in [-0.2, 0) is 4.79 Å². The third kappa shape index (κ3) is 3.26. The number of fused-ring (bicyclic) bond motifs is 1. The van der Waals surface area contributed by atoms with Gasteiger partial charge in [0.05, 0.1) is 10.5 Å². The second-order valence-corrected chi connectivity index (χ2v) is 7.97. The van der Waals surface area contributed by atoms with Gasteiger partial charge in [0.2, 0.25) is 0 Å². The summed E-state index contributed by atoms with van der Waals surface area (Å²) in [5, 5.41) is 3.12. The number of thioether (sulfide) groups is 1. The Labute approximate surface area is 161 Å². The molecule has 3 heterocycles. The van der Waals surface area contributed by atoms with Crippen molar-refractivity contribution in [3.8, 4) is 0 Å². The molecule has 136 valence electrons. The minimum atomic E-state index is -0.218. The molecule has 0 saturated carbocycles. The maximum atomic E-state index is 13.0. The van der Waals surface area contributed by atoms with Gasteiger partial charge in [-0.2, -0.15) is 0 Å². The number of aromatic nitrogens is 2. The van der Waals surface area contributed by atoms with Crippen LogP contribution < -0.4 is 10.9 Å². The summed E-state index contributed by atoms with van der Waals surface area (Å²) in [7, 11) is 0. The van der Waals surface area contributed by atoms with Crippen molar-refractivity contribution >= 4 is 51.7 Å². The highest BCUT2D eigenvalue weighted by molar-refractivity contribution is 8.26. The van der Waals surface area contributed by atoms with E-state index in [9.17, 15) is 9.59 Å². The number of hydrogen-bond donors (Lipinski definition) is 1. The van der Waals surface area contributed by atoms with Crippen molar-refractivity contribution in [1.82, 2.24) is 14.3 Å². The van der Waals surface area contributed by atoms with E-state index in [2.05, 4.69) is 10.3 Å². The number of thiocarbonyl (C=S) groups is 1. The maximum absolute atomic E-state index is 13.0. The summed E-state index contributed by atoms with van der Waals surface area (Å²) in [4.78, 5) is 32.2. The molecule has 0 aliphatic carbocycles. The molecule has 2 aromatic rings. The lowest BCUT2D eigenvalue weighted by Crippen LogP contribution is -2.34. The van der Waals surface area contributed by atoms with E-state index in [0.717, 1.165) is 5.56 Å². The summed E-state index contributed by atoms with van der Waals surface area (Å²) in [6.45, 7) is 8.28. The highest BCUT2D eigenvalue weighted by Crippen LogP contribution is 2.34. The van der Waals surface area contributed by atoms with Crippen LogP contribution in [0.2, 0.25) is 0 Å². The number of pyridine rings is 1. The van der Waals surface area contributed by atoms with Crippen molar-refractivity contribution in [2.75, 3.05) is 11.9 Å². The number of hydrogen-bond acceptors (Lipinski definition) is 6. The molecule has 6 nitrogen and oxygen atoms in total. The van der Waals surface area contributed by atoms with Gasteiger partial charge in [0.1, 0.15) is 15.8 Å². The van der Waals surface area contributed by atoms with Crippen LogP contribution in [0.5, 0.6) is 0 Å². The maximum Gasteiger partial charge on any atom is 0.267 e. The average molecular weight is 389 g/mol. The normalized spacial score (nSPS) is 16.3. The van der Waals surface area contributed by atoms with Gasteiger partial charge in [-0.3, -0.25) is 18.9 Å². The van der Waals surface area contributed by atoms with Crippen LogP contribution in [0.15, 0.2) is 28.0 Å².